The van der Waals surface area contributed by atoms with E-state index in [1.807, 2.05) is 18.2 Å². The van der Waals surface area contributed by atoms with Crippen molar-refractivity contribution in [3.63, 3.8) is 0 Å². The summed E-state index contributed by atoms with van der Waals surface area (Å²) in [5.41, 5.74) is 0.791. The molecule has 0 bridgehead atoms. The molecule has 0 spiro atoms. The largest absolute Gasteiger partial charge is 0.486 e. The first kappa shape index (κ1) is 9.79. The number of hydrogen-bond donors (Lipinski definition) is 2. The second-order valence-electron chi connectivity index (χ2n) is 3.46. The van der Waals surface area contributed by atoms with Crippen LogP contribution in [0.1, 0.15) is 6.42 Å². The van der Waals surface area contributed by atoms with Gasteiger partial charge in [0, 0.05) is 0 Å². The summed E-state index contributed by atoms with van der Waals surface area (Å²) in [7, 11) is 0. The first-order chi connectivity index (χ1) is 7.16. The average Bonchev–Trinajstić information content (AvgIpc) is 2.16. The maximum atomic E-state index is 10.5. The molecule has 1 heterocycles. The van der Waals surface area contributed by atoms with Gasteiger partial charge in [0.2, 0.25) is 0 Å². The average molecular weight is 208 g/mol. The van der Waals surface area contributed by atoms with E-state index in [2.05, 4.69) is 0 Å². The van der Waals surface area contributed by atoms with Gasteiger partial charge in [0.05, 0.1) is 18.7 Å². The molecule has 0 saturated carbocycles. The Labute approximate surface area is 87.0 Å². The molecule has 15 heavy (non-hydrogen) atoms. The molecule has 0 radical (unpaired) electrons. The molecule has 80 valence electrons. The number of nitrogens with two attached hydrogens (primary N) is 1. The fraction of sp³-hybridized carbons (Fsp3) is 0.300. The van der Waals surface area contributed by atoms with Gasteiger partial charge in [-0.2, -0.15) is 0 Å². The molecule has 1 aromatic carbocycles. The molecule has 1 unspecified atom stereocenters. The number of hydrogen-bond acceptors (Lipinski definition) is 4. The summed E-state index contributed by atoms with van der Waals surface area (Å²) >= 11 is 0. The van der Waals surface area contributed by atoms with E-state index in [4.69, 9.17) is 15.7 Å². The van der Waals surface area contributed by atoms with Crippen LogP contribution in [-0.2, 0) is 4.79 Å². The molecule has 1 aliphatic rings. The number of carboxylic acids is 1. The van der Waals surface area contributed by atoms with E-state index in [-0.39, 0.29) is 12.5 Å². The summed E-state index contributed by atoms with van der Waals surface area (Å²) < 4.78 is 5.51. The molecule has 2 rings (SSSR count). The van der Waals surface area contributed by atoms with Crippen LogP contribution in [-0.4, -0.2) is 23.7 Å². The number of carboxylic acid groups (broad SMARTS) is 1. The van der Waals surface area contributed by atoms with E-state index in [0.717, 1.165) is 5.69 Å². The van der Waals surface area contributed by atoms with Gasteiger partial charge in [-0.05, 0) is 12.1 Å². The van der Waals surface area contributed by atoms with Gasteiger partial charge in [-0.1, -0.05) is 12.1 Å². The van der Waals surface area contributed by atoms with E-state index >= 15 is 0 Å². The van der Waals surface area contributed by atoms with Crippen molar-refractivity contribution in [2.75, 3.05) is 11.6 Å². The quantitative estimate of drug-likeness (QED) is 0.696. The molecule has 0 saturated heterocycles. The summed E-state index contributed by atoms with van der Waals surface area (Å²) in [5.74, 6) is 5.53. The third-order valence-corrected chi connectivity index (χ3v) is 2.27. The SMILES string of the molecule is NN1CC(CC(=O)O)Oc2ccccc21. The molecule has 3 N–H and O–H groups in total. The van der Waals surface area contributed by atoms with Crippen LogP contribution in [0.3, 0.4) is 0 Å². The number of ether oxygens (including phenoxy) is 1. The standard InChI is InChI=1S/C10H12N2O3/c11-12-6-7(5-10(13)14)15-9-4-2-1-3-8(9)12/h1-4,7H,5-6,11H2,(H,13,14). The number of para-hydroxylation sites is 2. The lowest BCUT2D eigenvalue weighted by Crippen LogP contribution is -2.45. The zero-order valence-electron chi connectivity index (χ0n) is 8.09. The lowest BCUT2D eigenvalue weighted by atomic mass is 10.2. The monoisotopic (exact) mass is 208 g/mol. The fourth-order valence-corrected chi connectivity index (χ4v) is 1.63. The minimum atomic E-state index is -0.882. The Morgan fingerprint density at radius 1 is 1.60 bits per heavy atom. The second-order valence-corrected chi connectivity index (χ2v) is 3.46. The molecule has 1 aliphatic heterocycles. The van der Waals surface area contributed by atoms with E-state index in [1.54, 1.807) is 6.07 Å². The zero-order valence-corrected chi connectivity index (χ0v) is 8.09. The number of nitrogens with zero attached hydrogens (tertiary/aromatic N) is 1. The van der Waals surface area contributed by atoms with Crippen molar-refractivity contribution < 1.29 is 14.6 Å². The van der Waals surface area contributed by atoms with Crippen LogP contribution in [0.4, 0.5) is 5.69 Å². The van der Waals surface area contributed by atoms with Crippen molar-refractivity contribution in [3.8, 4) is 5.75 Å². The Morgan fingerprint density at radius 2 is 2.33 bits per heavy atom. The minimum Gasteiger partial charge on any atom is -0.486 e. The fourth-order valence-electron chi connectivity index (χ4n) is 1.63. The van der Waals surface area contributed by atoms with Gasteiger partial charge in [-0.25, -0.2) is 5.84 Å². The Hall–Kier alpha value is -1.75. The Balaban J connectivity index is 2.19. The van der Waals surface area contributed by atoms with Crippen molar-refractivity contribution >= 4 is 11.7 Å². The highest BCUT2D eigenvalue weighted by atomic mass is 16.5. The molecule has 0 aromatic heterocycles. The van der Waals surface area contributed by atoms with Gasteiger partial charge >= 0.3 is 5.97 Å². The predicted octanol–water partition coefficient (Wildman–Crippen LogP) is 0.602. The highest BCUT2D eigenvalue weighted by molar-refractivity contribution is 5.68. The molecule has 0 amide bonds. The molecular formula is C10H12N2O3. The molecule has 0 fully saturated rings. The van der Waals surface area contributed by atoms with E-state index in [9.17, 15) is 4.79 Å². The number of hydrazine groups is 1. The highest BCUT2D eigenvalue weighted by Gasteiger charge is 2.25. The van der Waals surface area contributed by atoms with Crippen LogP contribution < -0.4 is 15.6 Å². The van der Waals surface area contributed by atoms with Crippen LogP contribution in [0.2, 0.25) is 0 Å². The van der Waals surface area contributed by atoms with Crippen LogP contribution in [0.5, 0.6) is 5.75 Å². The van der Waals surface area contributed by atoms with Crippen molar-refractivity contribution in [3.05, 3.63) is 24.3 Å². The van der Waals surface area contributed by atoms with Gasteiger partial charge in [0.1, 0.15) is 11.9 Å². The third kappa shape index (κ3) is 2.02. The number of benzene rings is 1. The molecular weight excluding hydrogens is 196 g/mol. The summed E-state index contributed by atoms with van der Waals surface area (Å²) in [6, 6.07) is 7.31. The maximum Gasteiger partial charge on any atom is 0.307 e. The maximum absolute atomic E-state index is 10.5. The molecule has 5 heteroatoms. The lowest BCUT2D eigenvalue weighted by Gasteiger charge is -2.32. The summed E-state index contributed by atoms with van der Waals surface area (Å²) in [5, 5.41) is 10.2. The normalized spacial score (nSPS) is 19.3. The first-order valence-electron chi connectivity index (χ1n) is 4.66. The summed E-state index contributed by atoms with van der Waals surface area (Å²) in [4.78, 5) is 10.5. The molecule has 1 atom stereocenters. The Kier molecular flexibility index (Phi) is 2.47. The summed E-state index contributed by atoms with van der Waals surface area (Å²) in [6.07, 6.45) is -0.426. The van der Waals surface area contributed by atoms with Crippen LogP contribution >= 0.6 is 0 Å². The van der Waals surface area contributed by atoms with Gasteiger partial charge < -0.3 is 14.9 Å². The number of rotatable bonds is 2. The minimum absolute atomic E-state index is 0.0396. The van der Waals surface area contributed by atoms with Gasteiger partial charge in [-0.3, -0.25) is 4.79 Å². The van der Waals surface area contributed by atoms with Crippen molar-refractivity contribution in [1.29, 1.82) is 0 Å². The van der Waals surface area contributed by atoms with Crippen LogP contribution in [0, 0.1) is 0 Å². The number of fused-ring (bicyclic) bond motifs is 1. The number of carbonyl (C=O) groups is 1. The molecule has 0 aliphatic carbocycles. The smallest absolute Gasteiger partial charge is 0.307 e. The van der Waals surface area contributed by atoms with E-state index in [0.29, 0.717) is 12.3 Å². The van der Waals surface area contributed by atoms with Gasteiger partial charge in [-0.15, -0.1) is 0 Å². The third-order valence-electron chi connectivity index (χ3n) is 2.27. The number of anilines is 1. The first-order valence-corrected chi connectivity index (χ1v) is 4.66. The van der Waals surface area contributed by atoms with Crippen molar-refractivity contribution in [1.82, 2.24) is 0 Å². The second kappa shape index (κ2) is 3.78. The van der Waals surface area contributed by atoms with Gasteiger partial charge in [0.25, 0.3) is 0 Å². The molecule has 5 nitrogen and oxygen atoms in total. The zero-order chi connectivity index (χ0) is 10.8. The van der Waals surface area contributed by atoms with E-state index in [1.165, 1.54) is 5.01 Å². The van der Waals surface area contributed by atoms with Gasteiger partial charge in [0.15, 0.2) is 0 Å². The Bertz CT molecular complexity index is 381. The van der Waals surface area contributed by atoms with Crippen molar-refractivity contribution in [2.24, 2.45) is 5.84 Å². The summed E-state index contributed by atoms with van der Waals surface area (Å²) in [6.45, 7) is 0.392. The molecule has 1 aromatic rings. The Morgan fingerprint density at radius 3 is 3.07 bits per heavy atom. The predicted molar refractivity (Wildman–Crippen MR) is 54.6 cm³/mol. The van der Waals surface area contributed by atoms with Crippen LogP contribution in [0.15, 0.2) is 24.3 Å². The number of aliphatic carboxylic acids is 1. The lowest BCUT2D eigenvalue weighted by molar-refractivity contribution is -0.138. The highest BCUT2D eigenvalue weighted by Crippen LogP contribution is 2.31. The van der Waals surface area contributed by atoms with Crippen molar-refractivity contribution in [2.45, 2.75) is 12.5 Å². The van der Waals surface area contributed by atoms with Crippen LogP contribution in [0.25, 0.3) is 0 Å². The van der Waals surface area contributed by atoms with E-state index < -0.39 is 5.97 Å². The topological polar surface area (TPSA) is 75.8 Å².